The molecule has 0 aromatic heterocycles. The zero-order chi connectivity index (χ0) is 15.1. The number of benzene rings is 2. The number of hydrogen-bond donors (Lipinski definition) is 0. The highest BCUT2D eigenvalue weighted by Gasteiger charge is 2.05. The number of ketones is 1. The number of thioether (sulfide) groups is 1. The Kier molecular flexibility index (Phi) is 6.52. The van der Waals surface area contributed by atoms with Crippen LogP contribution in [0.2, 0.25) is 0 Å². The predicted molar refractivity (Wildman–Crippen MR) is 95.0 cm³/mol. The van der Waals surface area contributed by atoms with Gasteiger partial charge < -0.3 is 0 Å². The highest BCUT2D eigenvalue weighted by atomic mass is 79.9. The van der Waals surface area contributed by atoms with Crippen LogP contribution in [0, 0.1) is 6.92 Å². The molecule has 0 saturated carbocycles. The highest BCUT2D eigenvalue weighted by Crippen LogP contribution is 2.18. The predicted octanol–water partition coefficient (Wildman–Crippen LogP) is 5.65. The van der Waals surface area contributed by atoms with Gasteiger partial charge in [-0.25, -0.2) is 0 Å². The van der Waals surface area contributed by atoms with Crippen LogP contribution in [0.1, 0.15) is 34.3 Å². The second kappa shape index (κ2) is 8.40. The largest absolute Gasteiger partial charge is 0.294 e. The summed E-state index contributed by atoms with van der Waals surface area (Å²) in [5.74, 6) is 2.29. The SMILES string of the molecule is Cc1ccccc1CSCCCC(=O)c1ccc(Br)cc1. The third-order valence-corrected chi connectivity index (χ3v) is 5.00. The van der Waals surface area contributed by atoms with Crippen LogP contribution in [-0.4, -0.2) is 11.5 Å². The molecule has 0 heterocycles. The second-order valence-electron chi connectivity index (χ2n) is 5.01. The molecule has 0 unspecified atom stereocenters. The summed E-state index contributed by atoms with van der Waals surface area (Å²) in [5.41, 5.74) is 3.54. The first-order valence-corrected chi connectivity index (χ1v) is 9.02. The van der Waals surface area contributed by atoms with E-state index in [1.165, 1.54) is 11.1 Å². The minimum atomic E-state index is 0.235. The van der Waals surface area contributed by atoms with Gasteiger partial charge in [0.2, 0.25) is 0 Å². The fraction of sp³-hybridized carbons (Fsp3) is 0.278. The topological polar surface area (TPSA) is 17.1 Å². The molecule has 1 nitrogen and oxygen atoms in total. The molecule has 2 aromatic rings. The van der Waals surface area contributed by atoms with Gasteiger partial charge in [0.1, 0.15) is 0 Å². The van der Waals surface area contributed by atoms with Gasteiger partial charge in [0.05, 0.1) is 0 Å². The van der Waals surface area contributed by atoms with Crippen molar-refractivity contribution < 1.29 is 4.79 Å². The first kappa shape index (κ1) is 16.3. The summed E-state index contributed by atoms with van der Waals surface area (Å²) in [6.07, 6.45) is 1.56. The summed E-state index contributed by atoms with van der Waals surface area (Å²) in [5, 5.41) is 0. The van der Waals surface area contributed by atoms with E-state index < -0.39 is 0 Å². The summed E-state index contributed by atoms with van der Waals surface area (Å²) in [4.78, 5) is 12.0. The first-order valence-electron chi connectivity index (χ1n) is 7.08. The van der Waals surface area contributed by atoms with E-state index in [0.29, 0.717) is 6.42 Å². The number of aryl methyl sites for hydroxylation is 1. The number of rotatable bonds is 7. The molecular weight excluding hydrogens is 344 g/mol. The van der Waals surface area contributed by atoms with Gasteiger partial charge in [0.15, 0.2) is 5.78 Å². The van der Waals surface area contributed by atoms with Crippen molar-refractivity contribution in [2.24, 2.45) is 0 Å². The van der Waals surface area contributed by atoms with Crippen LogP contribution >= 0.6 is 27.7 Å². The maximum atomic E-state index is 12.0. The molecular formula is C18H19BrOS. The number of halogens is 1. The lowest BCUT2D eigenvalue weighted by Crippen LogP contribution is -1.99. The molecule has 2 aromatic carbocycles. The second-order valence-corrected chi connectivity index (χ2v) is 7.03. The molecule has 0 fully saturated rings. The van der Waals surface area contributed by atoms with Gasteiger partial charge in [-0.2, -0.15) is 11.8 Å². The molecule has 21 heavy (non-hydrogen) atoms. The molecule has 0 aliphatic carbocycles. The number of Topliss-reactive ketones (excluding diaryl/α,β-unsaturated/α-hetero) is 1. The fourth-order valence-electron chi connectivity index (χ4n) is 2.07. The molecule has 0 radical (unpaired) electrons. The molecule has 0 atom stereocenters. The third kappa shape index (κ3) is 5.33. The van der Waals surface area contributed by atoms with Crippen molar-refractivity contribution in [1.82, 2.24) is 0 Å². The summed E-state index contributed by atoms with van der Waals surface area (Å²) < 4.78 is 1.01. The lowest BCUT2D eigenvalue weighted by Gasteiger charge is -2.05. The Bertz CT molecular complexity index is 592. The summed E-state index contributed by atoms with van der Waals surface area (Å²) in [7, 11) is 0. The number of carbonyl (C=O) groups excluding carboxylic acids is 1. The molecule has 0 spiro atoms. The van der Waals surface area contributed by atoms with Crippen LogP contribution in [0.3, 0.4) is 0 Å². The molecule has 0 amide bonds. The quantitative estimate of drug-likeness (QED) is 0.467. The summed E-state index contributed by atoms with van der Waals surface area (Å²) in [6.45, 7) is 2.15. The molecule has 0 aliphatic rings. The minimum Gasteiger partial charge on any atom is -0.294 e. The third-order valence-electron chi connectivity index (χ3n) is 3.38. The van der Waals surface area contributed by atoms with E-state index in [0.717, 1.165) is 28.0 Å². The number of hydrogen-bond acceptors (Lipinski definition) is 2. The van der Waals surface area contributed by atoms with E-state index in [9.17, 15) is 4.79 Å². The summed E-state index contributed by atoms with van der Waals surface area (Å²) >= 11 is 5.28. The van der Waals surface area contributed by atoms with Gasteiger partial charge >= 0.3 is 0 Å². The van der Waals surface area contributed by atoms with Crippen molar-refractivity contribution in [3.63, 3.8) is 0 Å². The van der Waals surface area contributed by atoms with Crippen LogP contribution < -0.4 is 0 Å². The molecule has 2 rings (SSSR count). The normalized spacial score (nSPS) is 10.6. The monoisotopic (exact) mass is 362 g/mol. The standard InChI is InChI=1S/C18H19BrOS/c1-14-5-2-3-6-16(14)13-21-12-4-7-18(20)15-8-10-17(19)11-9-15/h2-3,5-6,8-11H,4,7,12-13H2,1H3. The zero-order valence-corrected chi connectivity index (χ0v) is 14.5. The lowest BCUT2D eigenvalue weighted by molar-refractivity contribution is 0.0982. The van der Waals surface area contributed by atoms with Crippen LogP contribution in [0.4, 0.5) is 0 Å². The van der Waals surface area contributed by atoms with E-state index in [2.05, 4.69) is 47.1 Å². The molecule has 0 N–H and O–H groups in total. The summed E-state index contributed by atoms with van der Waals surface area (Å²) in [6, 6.07) is 16.1. The van der Waals surface area contributed by atoms with Crippen LogP contribution in [0.25, 0.3) is 0 Å². The Labute approximate surface area is 139 Å². The molecule has 110 valence electrons. The van der Waals surface area contributed by atoms with Crippen LogP contribution in [0.15, 0.2) is 53.0 Å². The van der Waals surface area contributed by atoms with Crippen molar-refractivity contribution in [3.8, 4) is 0 Å². The first-order chi connectivity index (χ1) is 10.2. The van der Waals surface area contributed by atoms with Crippen molar-refractivity contribution in [3.05, 3.63) is 69.7 Å². The van der Waals surface area contributed by atoms with Gasteiger partial charge in [0.25, 0.3) is 0 Å². The van der Waals surface area contributed by atoms with Crippen LogP contribution in [-0.2, 0) is 5.75 Å². The van der Waals surface area contributed by atoms with Gasteiger partial charge in [-0.1, -0.05) is 52.3 Å². The van der Waals surface area contributed by atoms with Crippen molar-refractivity contribution >= 4 is 33.5 Å². The zero-order valence-electron chi connectivity index (χ0n) is 12.1. The van der Waals surface area contributed by atoms with Crippen LogP contribution in [0.5, 0.6) is 0 Å². The van der Waals surface area contributed by atoms with E-state index in [1.807, 2.05) is 36.0 Å². The lowest BCUT2D eigenvalue weighted by atomic mass is 10.1. The van der Waals surface area contributed by atoms with E-state index in [-0.39, 0.29) is 5.78 Å². The van der Waals surface area contributed by atoms with Gasteiger partial charge in [-0.15, -0.1) is 0 Å². The Balaban J connectivity index is 1.69. The minimum absolute atomic E-state index is 0.235. The Hall–Kier alpha value is -1.06. The number of carbonyl (C=O) groups is 1. The molecule has 0 aliphatic heterocycles. The maximum Gasteiger partial charge on any atom is 0.162 e. The van der Waals surface area contributed by atoms with E-state index in [4.69, 9.17) is 0 Å². The Morgan fingerprint density at radius 1 is 1.10 bits per heavy atom. The van der Waals surface area contributed by atoms with E-state index >= 15 is 0 Å². The fourth-order valence-corrected chi connectivity index (χ4v) is 3.37. The smallest absolute Gasteiger partial charge is 0.162 e. The Morgan fingerprint density at radius 3 is 2.52 bits per heavy atom. The average molecular weight is 363 g/mol. The van der Waals surface area contributed by atoms with Crippen molar-refractivity contribution in [2.45, 2.75) is 25.5 Å². The average Bonchev–Trinajstić information content (AvgIpc) is 2.49. The molecule has 0 bridgehead atoms. The van der Waals surface area contributed by atoms with Gasteiger partial charge in [-0.05, 0) is 42.4 Å². The van der Waals surface area contributed by atoms with Crippen molar-refractivity contribution in [2.75, 3.05) is 5.75 Å². The van der Waals surface area contributed by atoms with Gasteiger partial charge in [0, 0.05) is 22.2 Å². The van der Waals surface area contributed by atoms with Gasteiger partial charge in [-0.3, -0.25) is 4.79 Å². The molecule has 0 saturated heterocycles. The van der Waals surface area contributed by atoms with Crippen molar-refractivity contribution in [1.29, 1.82) is 0 Å². The highest BCUT2D eigenvalue weighted by molar-refractivity contribution is 9.10. The molecule has 3 heteroatoms. The maximum absolute atomic E-state index is 12.0. The Morgan fingerprint density at radius 2 is 1.81 bits per heavy atom. The van der Waals surface area contributed by atoms with E-state index in [1.54, 1.807) is 0 Å².